The predicted octanol–water partition coefficient (Wildman–Crippen LogP) is -2.41. The summed E-state index contributed by atoms with van der Waals surface area (Å²) in [6, 6.07) is -6.70. The number of fused-ring (bicyclic) bond motifs is 2. The Kier molecular flexibility index (Phi) is 30.5. The van der Waals surface area contributed by atoms with Crippen molar-refractivity contribution in [3.8, 4) is 0 Å². The first-order valence-corrected chi connectivity index (χ1v) is 30.7. The number of benzene rings is 1. The molecule has 498 valence electrons. The summed E-state index contributed by atoms with van der Waals surface area (Å²) in [7, 11) is 0. The topological polar surface area (TPSA) is 464 Å². The monoisotopic (exact) mass is 1270 g/mol. The molecular weight excluding hydrogens is 1180 g/mol. The van der Waals surface area contributed by atoms with Gasteiger partial charge in [0.25, 0.3) is 5.91 Å². The molecule has 90 heavy (non-hydrogen) atoms. The van der Waals surface area contributed by atoms with Gasteiger partial charge in [0.15, 0.2) is 0 Å². The summed E-state index contributed by atoms with van der Waals surface area (Å²) in [5, 5.41) is 62.7. The van der Waals surface area contributed by atoms with E-state index in [9.17, 15) is 92.3 Å². The van der Waals surface area contributed by atoms with E-state index in [1.807, 2.05) is 0 Å². The van der Waals surface area contributed by atoms with Gasteiger partial charge in [-0.2, -0.15) is 0 Å². The zero-order valence-electron chi connectivity index (χ0n) is 51.4. The van der Waals surface area contributed by atoms with Crippen molar-refractivity contribution >= 4 is 88.8 Å². The normalized spacial score (nSPS) is 23.6. The molecule has 0 saturated carbocycles. The van der Waals surface area contributed by atoms with Crippen molar-refractivity contribution in [2.75, 3.05) is 39.3 Å². The Balaban J connectivity index is 1.69. The lowest BCUT2D eigenvalue weighted by Gasteiger charge is -2.37. The number of aliphatic hydroxyl groups is 1. The van der Waals surface area contributed by atoms with E-state index >= 15 is 0 Å². The highest BCUT2D eigenvalue weighted by molar-refractivity contribution is 6.01. The van der Waals surface area contributed by atoms with E-state index < -0.39 is 195 Å². The highest BCUT2D eigenvalue weighted by atomic mass is 16.4. The molecule has 0 radical (unpaired) electrons. The SMILES string of the molecule is CCCCCCCCCCc1ccc(C(=O)N[C@@H](CC(=O)O)C(=O)N[C@H]2CNC(=O)[C@@H]3CCCN3C(=O)[C@H]([C@H](C)CC)NC(=O)[C@H]([C@@H](C)O)NC(=O)CNC(=O)[C@H](CC(=O)O)NC(=O)CNC(=O)[C@H](CC(=O)O)NC(=O)CNC(=O)[C@@H]3CCCCN3C2=O)cc1. The van der Waals surface area contributed by atoms with Crippen molar-refractivity contribution in [3.63, 3.8) is 0 Å². The fourth-order valence-electron chi connectivity index (χ4n) is 10.5. The minimum absolute atomic E-state index is 0.0212. The number of amides is 12. The van der Waals surface area contributed by atoms with Crippen LogP contribution in [0.1, 0.15) is 153 Å². The Morgan fingerprint density at radius 2 is 1.07 bits per heavy atom. The first-order chi connectivity index (χ1) is 42.7. The summed E-state index contributed by atoms with van der Waals surface area (Å²) < 4.78 is 0. The third-order valence-electron chi connectivity index (χ3n) is 15.7. The molecule has 3 aliphatic heterocycles. The van der Waals surface area contributed by atoms with Crippen LogP contribution in [0.2, 0.25) is 0 Å². The number of aliphatic hydroxyl groups excluding tert-OH is 1. The van der Waals surface area contributed by atoms with E-state index in [0.29, 0.717) is 12.8 Å². The number of piperidine rings is 1. The molecule has 12 amide bonds. The summed E-state index contributed by atoms with van der Waals surface area (Å²) in [6.07, 6.45) is 6.20. The Hall–Kier alpha value is -8.77. The number of nitrogens with one attached hydrogen (secondary N) is 10. The fraction of sp³-hybridized carbons (Fsp3) is 0.644. The maximum Gasteiger partial charge on any atom is 0.305 e. The number of rotatable bonds is 22. The van der Waals surface area contributed by atoms with Crippen molar-refractivity contribution in [3.05, 3.63) is 35.4 Å². The zero-order valence-corrected chi connectivity index (χ0v) is 51.4. The Morgan fingerprint density at radius 1 is 0.567 bits per heavy atom. The molecule has 10 atom stereocenters. The zero-order chi connectivity index (χ0) is 66.6. The van der Waals surface area contributed by atoms with Crippen LogP contribution in [0.5, 0.6) is 0 Å². The quantitative estimate of drug-likeness (QED) is 0.0538. The molecule has 1 aromatic carbocycles. The van der Waals surface area contributed by atoms with E-state index in [1.54, 1.807) is 26.0 Å². The van der Waals surface area contributed by atoms with Gasteiger partial charge in [0, 0.05) is 25.2 Å². The number of carbonyl (C=O) groups excluding carboxylic acids is 12. The third kappa shape index (κ3) is 24.0. The summed E-state index contributed by atoms with van der Waals surface area (Å²) in [5.41, 5.74) is 1.05. The first-order valence-electron chi connectivity index (χ1n) is 30.7. The third-order valence-corrected chi connectivity index (χ3v) is 15.7. The summed E-state index contributed by atoms with van der Waals surface area (Å²) >= 11 is 0. The van der Waals surface area contributed by atoms with Crippen LogP contribution in [-0.4, -0.2) is 213 Å². The van der Waals surface area contributed by atoms with Gasteiger partial charge in [-0.3, -0.25) is 71.9 Å². The molecule has 3 saturated heterocycles. The lowest BCUT2D eigenvalue weighted by Crippen LogP contribution is -2.63. The maximum atomic E-state index is 14.9. The molecule has 3 heterocycles. The van der Waals surface area contributed by atoms with Crippen LogP contribution in [0.3, 0.4) is 0 Å². The van der Waals surface area contributed by atoms with Crippen molar-refractivity contribution in [1.82, 2.24) is 63.0 Å². The molecule has 3 aliphatic rings. The highest BCUT2D eigenvalue weighted by Crippen LogP contribution is 2.23. The molecule has 0 unspecified atom stereocenters. The number of hydrogen-bond acceptors (Lipinski definition) is 16. The second-order valence-electron chi connectivity index (χ2n) is 22.8. The molecule has 14 N–H and O–H groups in total. The van der Waals surface area contributed by atoms with E-state index in [-0.39, 0.29) is 44.3 Å². The maximum absolute atomic E-state index is 14.9. The molecule has 31 heteroatoms. The Bertz CT molecular complexity index is 2750. The molecular formula is C59H88N12O19. The van der Waals surface area contributed by atoms with Crippen LogP contribution in [0.25, 0.3) is 0 Å². The standard InChI is InChI=1S/C59H88N12O19/c1-5-7-8-9-10-11-12-13-17-35-20-22-36(23-21-35)51(82)66-39(28-48(80)81)54(85)67-40-29-60-55(86)42-19-16-25-71(42)59(90)49(33(3)6-2)69-57(88)50(34(4)72)68-45(75)32-62-53(84)38(27-47(78)79)64-43(73)30-61-52(83)37(26-46(76)77)65-44(74)31-63-56(87)41-18-14-15-24-70(41)58(40)89/h20-23,33-34,37-42,49-50,72H,5-19,24-32H2,1-4H3,(H,60,86)(H,61,83)(H,62,84)(H,63,87)(H,64,73)(H,65,74)(H,66,82)(H,67,85)(H,68,75)(H,69,88)(H,76,77)(H,78,79)(H,80,81)/t33-,34-,37+,38+,39+,40+,41+,42+,49+,50+/m1/s1. The fourth-order valence-corrected chi connectivity index (χ4v) is 10.5. The summed E-state index contributed by atoms with van der Waals surface area (Å²) in [6.45, 7) is 2.80. The smallest absolute Gasteiger partial charge is 0.305 e. The Morgan fingerprint density at radius 3 is 1.60 bits per heavy atom. The van der Waals surface area contributed by atoms with E-state index in [1.165, 1.54) is 42.7 Å². The van der Waals surface area contributed by atoms with Crippen LogP contribution in [-0.2, 0) is 73.5 Å². The summed E-state index contributed by atoms with van der Waals surface area (Å²) in [4.78, 5) is 204. The van der Waals surface area contributed by atoms with Crippen molar-refractivity contribution in [2.45, 2.75) is 198 Å². The minimum Gasteiger partial charge on any atom is -0.481 e. The van der Waals surface area contributed by atoms with Gasteiger partial charge in [-0.15, -0.1) is 0 Å². The van der Waals surface area contributed by atoms with Gasteiger partial charge in [0.2, 0.25) is 65.0 Å². The lowest BCUT2D eigenvalue weighted by atomic mass is 9.96. The second kappa shape index (κ2) is 37.3. The van der Waals surface area contributed by atoms with E-state index in [0.717, 1.165) is 49.5 Å². The van der Waals surface area contributed by atoms with E-state index in [4.69, 9.17) is 0 Å². The van der Waals surface area contributed by atoms with Crippen LogP contribution in [0, 0.1) is 5.92 Å². The number of hydrogen-bond donors (Lipinski definition) is 14. The highest BCUT2D eigenvalue weighted by Gasteiger charge is 2.43. The molecule has 31 nitrogen and oxygen atoms in total. The minimum atomic E-state index is -1.90. The van der Waals surface area contributed by atoms with Gasteiger partial charge in [0.1, 0.15) is 48.3 Å². The average molecular weight is 1270 g/mol. The van der Waals surface area contributed by atoms with Crippen LogP contribution in [0.15, 0.2) is 24.3 Å². The molecule has 0 spiro atoms. The molecule has 0 bridgehead atoms. The number of carboxylic acids is 3. The lowest BCUT2D eigenvalue weighted by molar-refractivity contribution is -0.146. The molecule has 0 aliphatic carbocycles. The number of carbonyl (C=O) groups is 15. The van der Waals surface area contributed by atoms with Gasteiger partial charge < -0.3 is 83.4 Å². The van der Waals surface area contributed by atoms with Crippen molar-refractivity contribution < 1.29 is 92.3 Å². The van der Waals surface area contributed by atoms with E-state index in [2.05, 4.69) is 60.1 Å². The van der Waals surface area contributed by atoms with Gasteiger partial charge in [-0.05, 0) is 75.5 Å². The molecule has 4 rings (SSSR count). The molecule has 0 aromatic heterocycles. The summed E-state index contributed by atoms with van der Waals surface area (Å²) in [5.74, 6) is -18.0. The van der Waals surface area contributed by atoms with Gasteiger partial charge >= 0.3 is 17.9 Å². The van der Waals surface area contributed by atoms with Crippen LogP contribution in [0.4, 0.5) is 0 Å². The first kappa shape index (κ1) is 73.7. The largest absolute Gasteiger partial charge is 0.481 e. The second-order valence-corrected chi connectivity index (χ2v) is 22.8. The van der Waals surface area contributed by atoms with Gasteiger partial charge in [-0.25, -0.2) is 0 Å². The van der Waals surface area contributed by atoms with Crippen LogP contribution >= 0.6 is 0 Å². The van der Waals surface area contributed by atoms with Gasteiger partial charge in [-0.1, -0.05) is 84.3 Å². The Labute approximate surface area is 520 Å². The predicted molar refractivity (Wildman–Crippen MR) is 318 cm³/mol. The number of aryl methyl sites for hydroxylation is 1. The molecule has 3 fully saturated rings. The average Bonchev–Trinajstić information content (AvgIpc) is 2.66. The van der Waals surface area contributed by atoms with Crippen molar-refractivity contribution in [2.24, 2.45) is 5.92 Å². The van der Waals surface area contributed by atoms with Crippen LogP contribution < -0.4 is 53.2 Å². The molecule has 1 aromatic rings. The number of unbranched alkanes of at least 4 members (excludes halogenated alkanes) is 7. The van der Waals surface area contributed by atoms with Crippen molar-refractivity contribution in [1.29, 1.82) is 0 Å². The van der Waals surface area contributed by atoms with Gasteiger partial charge in [0.05, 0.1) is 45.0 Å². The number of aliphatic carboxylic acids is 3. The number of nitrogens with zero attached hydrogens (tertiary/aromatic N) is 2. The number of carboxylic acid groups (broad SMARTS) is 3.